The smallest absolute Gasteiger partial charge is 0.288 e. The van der Waals surface area contributed by atoms with Crippen molar-refractivity contribution in [2.75, 3.05) is 5.32 Å². The molecule has 0 aromatic heterocycles. The highest BCUT2D eigenvalue weighted by Crippen LogP contribution is 2.58. The van der Waals surface area contributed by atoms with E-state index in [2.05, 4.69) is 12.2 Å². The van der Waals surface area contributed by atoms with E-state index in [1.807, 2.05) is 20.8 Å². The molecule has 2 fully saturated rings. The summed E-state index contributed by atoms with van der Waals surface area (Å²) in [4.78, 5) is 15.0. The lowest BCUT2D eigenvalue weighted by atomic mass is 9.92. The average molecular weight is 394 g/mol. The number of anilines is 1. The summed E-state index contributed by atoms with van der Waals surface area (Å²) in [7, 11) is -4.40. The second-order valence-corrected chi connectivity index (χ2v) is 10.7. The Bertz CT molecular complexity index is 907. The van der Waals surface area contributed by atoms with Crippen LogP contribution in [-0.4, -0.2) is 46.8 Å². The number of nitrogens with one attached hydrogen (secondary N) is 1. The number of nitrogens with zero attached hydrogens (tertiary/aromatic N) is 1. The third-order valence-corrected chi connectivity index (χ3v) is 6.93. The average Bonchev–Trinajstić information content (AvgIpc) is 3.21. The number of carbonyl (C=O) groups is 1. The maximum absolute atomic E-state index is 13.3. The molecule has 1 saturated heterocycles. The molecule has 3 aliphatic rings. The van der Waals surface area contributed by atoms with E-state index >= 15 is 0 Å². The summed E-state index contributed by atoms with van der Waals surface area (Å²) in [6, 6.07) is 4.46. The van der Waals surface area contributed by atoms with Gasteiger partial charge in [-0.3, -0.25) is 9.35 Å². The van der Waals surface area contributed by atoms with Gasteiger partial charge >= 0.3 is 0 Å². The summed E-state index contributed by atoms with van der Waals surface area (Å²) in [5.74, 6) is 0.344. The molecule has 2 unspecified atom stereocenters. The van der Waals surface area contributed by atoms with Gasteiger partial charge in [-0.2, -0.15) is 8.42 Å². The number of benzene rings is 1. The van der Waals surface area contributed by atoms with Gasteiger partial charge in [-0.15, -0.1) is 0 Å². The molecule has 148 valence electrons. The van der Waals surface area contributed by atoms with Crippen molar-refractivity contribution in [2.45, 2.75) is 70.0 Å². The molecule has 0 bridgehead atoms. The first kappa shape index (κ1) is 18.6. The van der Waals surface area contributed by atoms with E-state index in [0.29, 0.717) is 23.4 Å². The lowest BCUT2D eigenvalue weighted by molar-refractivity contribution is 0.0546. The fraction of sp³-hybridized carbons (Fsp3) is 0.632. The molecule has 1 aromatic carbocycles. The maximum atomic E-state index is 13.3. The van der Waals surface area contributed by atoms with Gasteiger partial charge in [0.1, 0.15) is 11.4 Å². The Morgan fingerprint density at radius 1 is 1.33 bits per heavy atom. The minimum absolute atomic E-state index is 0.0197. The van der Waals surface area contributed by atoms with E-state index in [1.54, 1.807) is 23.1 Å². The summed E-state index contributed by atoms with van der Waals surface area (Å²) < 4.78 is 40.0. The summed E-state index contributed by atoms with van der Waals surface area (Å²) in [5.41, 5.74) is 0.402. The number of hydrogen-bond acceptors (Lipinski definition) is 5. The second kappa shape index (κ2) is 5.61. The third-order valence-electron chi connectivity index (χ3n) is 5.86. The second-order valence-electron chi connectivity index (χ2n) is 9.19. The summed E-state index contributed by atoms with van der Waals surface area (Å²) >= 11 is 0. The van der Waals surface area contributed by atoms with Gasteiger partial charge in [0.2, 0.25) is 0 Å². The molecule has 27 heavy (non-hydrogen) atoms. The van der Waals surface area contributed by atoms with Crippen molar-refractivity contribution in [3.05, 3.63) is 23.8 Å². The van der Waals surface area contributed by atoms with Crippen LogP contribution in [0.5, 0.6) is 5.75 Å². The van der Waals surface area contributed by atoms with Crippen molar-refractivity contribution in [1.29, 1.82) is 0 Å². The minimum Gasteiger partial charge on any atom is -0.488 e. The maximum Gasteiger partial charge on any atom is 0.288 e. The first-order chi connectivity index (χ1) is 12.4. The van der Waals surface area contributed by atoms with Gasteiger partial charge in [-0.25, -0.2) is 0 Å². The van der Waals surface area contributed by atoms with Crippen LogP contribution in [0, 0.1) is 5.41 Å². The van der Waals surface area contributed by atoms with Crippen LogP contribution < -0.4 is 10.1 Å². The van der Waals surface area contributed by atoms with Gasteiger partial charge in [0.05, 0.1) is 17.3 Å². The van der Waals surface area contributed by atoms with Crippen molar-refractivity contribution in [2.24, 2.45) is 5.41 Å². The first-order valence-corrected chi connectivity index (χ1v) is 10.8. The van der Waals surface area contributed by atoms with E-state index in [1.165, 1.54) is 0 Å². The predicted octanol–water partition coefficient (Wildman–Crippen LogP) is 2.89. The molecule has 0 spiro atoms. The summed E-state index contributed by atoms with van der Waals surface area (Å²) in [6.07, 6.45) is 2.25. The van der Waals surface area contributed by atoms with Crippen LogP contribution >= 0.6 is 0 Å². The number of ether oxygens (including phenoxy) is 1. The van der Waals surface area contributed by atoms with Crippen molar-refractivity contribution in [1.82, 2.24) is 4.90 Å². The Hall–Kier alpha value is -1.80. The van der Waals surface area contributed by atoms with Crippen LogP contribution in [0.1, 0.15) is 57.3 Å². The normalized spacial score (nSPS) is 32.6. The molecule has 7 nitrogen and oxygen atoms in total. The van der Waals surface area contributed by atoms with Crippen LogP contribution in [0.4, 0.5) is 5.69 Å². The minimum atomic E-state index is -4.40. The van der Waals surface area contributed by atoms with E-state index < -0.39 is 27.1 Å². The molecule has 1 saturated carbocycles. The van der Waals surface area contributed by atoms with Gasteiger partial charge in [0.15, 0.2) is 5.37 Å². The SMILES string of the molecule is CC(C)(C)Oc1ccc2c(c1)NC(S(=O)(=O)O)[C@@H]1CCC3(C)C[C@H]3N1C2=O. The van der Waals surface area contributed by atoms with E-state index in [9.17, 15) is 17.8 Å². The van der Waals surface area contributed by atoms with Crippen LogP contribution in [0.15, 0.2) is 18.2 Å². The van der Waals surface area contributed by atoms with E-state index in [0.717, 1.165) is 12.8 Å². The molecule has 2 N–H and O–H groups in total. The Kier molecular flexibility index (Phi) is 3.85. The molecule has 8 heteroatoms. The lowest BCUT2D eigenvalue weighted by Crippen LogP contribution is -2.54. The van der Waals surface area contributed by atoms with Crippen molar-refractivity contribution >= 4 is 21.7 Å². The van der Waals surface area contributed by atoms with Crippen molar-refractivity contribution < 1.29 is 22.5 Å². The standard InChI is InChI=1S/C19H26N2O5S/c1-18(2,3)26-11-5-6-12-13(9-11)20-16(27(23,24)25)14-7-8-19(4)10-15(19)21(14)17(12)22/h5-6,9,14-16,20H,7-8,10H2,1-4H3,(H,23,24,25)/t14-,15+,16?,19?/m0/s1. The molecule has 1 aliphatic carbocycles. The van der Waals surface area contributed by atoms with Gasteiger partial charge < -0.3 is 15.0 Å². The van der Waals surface area contributed by atoms with Gasteiger partial charge in [-0.1, -0.05) is 6.92 Å². The van der Waals surface area contributed by atoms with E-state index in [-0.39, 0.29) is 17.4 Å². The molecule has 4 rings (SSSR count). The highest BCUT2D eigenvalue weighted by atomic mass is 32.2. The molecular formula is C19H26N2O5S. The Balaban J connectivity index is 1.80. The summed E-state index contributed by atoms with van der Waals surface area (Å²) in [6.45, 7) is 7.86. The molecular weight excluding hydrogens is 368 g/mol. The van der Waals surface area contributed by atoms with Crippen LogP contribution in [0.3, 0.4) is 0 Å². The quantitative estimate of drug-likeness (QED) is 0.749. The molecule has 4 atom stereocenters. The van der Waals surface area contributed by atoms with Gasteiger partial charge in [-0.05, 0) is 57.6 Å². The van der Waals surface area contributed by atoms with Crippen LogP contribution in [-0.2, 0) is 10.1 Å². The highest BCUT2D eigenvalue weighted by Gasteiger charge is 2.61. The van der Waals surface area contributed by atoms with Crippen molar-refractivity contribution in [3.63, 3.8) is 0 Å². The Labute approximate surface area is 159 Å². The first-order valence-electron chi connectivity index (χ1n) is 9.28. The fourth-order valence-corrected chi connectivity index (χ4v) is 5.37. The fourth-order valence-electron chi connectivity index (χ4n) is 4.43. The zero-order chi connectivity index (χ0) is 19.8. The third kappa shape index (κ3) is 3.18. The highest BCUT2D eigenvalue weighted by molar-refractivity contribution is 7.86. The van der Waals surface area contributed by atoms with E-state index in [4.69, 9.17) is 4.74 Å². The monoisotopic (exact) mass is 394 g/mol. The number of carbonyl (C=O) groups excluding carboxylic acids is 1. The largest absolute Gasteiger partial charge is 0.488 e. The summed E-state index contributed by atoms with van der Waals surface area (Å²) in [5, 5.41) is 1.67. The molecule has 2 heterocycles. The number of piperidine rings is 1. The number of fused-ring (bicyclic) bond motifs is 4. The van der Waals surface area contributed by atoms with Crippen LogP contribution in [0.2, 0.25) is 0 Å². The van der Waals surface area contributed by atoms with Crippen LogP contribution in [0.25, 0.3) is 0 Å². The molecule has 2 aliphatic heterocycles. The lowest BCUT2D eigenvalue weighted by Gasteiger charge is -2.39. The Morgan fingerprint density at radius 2 is 2.04 bits per heavy atom. The number of rotatable bonds is 2. The zero-order valence-corrected chi connectivity index (χ0v) is 16.8. The number of hydrogen-bond donors (Lipinski definition) is 2. The number of amides is 1. The zero-order valence-electron chi connectivity index (χ0n) is 16.0. The predicted molar refractivity (Wildman–Crippen MR) is 101 cm³/mol. The molecule has 0 radical (unpaired) electrons. The Morgan fingerprint density at radius 3 is 2.67 bits per heavy atom. The van der Waals surface area contributed by atoms with Gasteiger partial charge in [0, 0.05) is 12.1 Å². The van der Waals surface area contributed by atoms with Gasteiger partial charge in [0.25, 0.3) is 16.0 Å². The molecule has 1 amide bonds. The molecule has 1 aromatic rings. The topological polar surface area (TPSA) is 95.9 Å². The van der Waals surface area contributed by atoms with Crippen molar-refractivity contribution in [3.8, 4) is 5.75 Å².